The van der Waals surface area contributed by atoms with Crippen molar-refractivity contribution in [2.45, 2.75) is 38.6 Å². The fourth-order valence-electron chi connectivity index (χ4n) is 1.56. The van der Waals surface area contributed by atoms with Crippen LogP contribution in [-0.4, -0.2) is 15.0 Å². The molecule has 0 N–H and O–H groups in total. The molecule has 1 unspecified atom stereocenters. The van der Waals surface area contributed by atoms with Gasteiger partial charge in [0.1, 0.15) is 16.1 Å². The molecular formula is C14H15F3N2OS. The van der Waals surface area contributed by atoms with Gasteiger partial charge in [-0.25, -0.2) is 0 Å². The predicted octanol–water partition coefficient (Wildman–Crippen LogP) is 3.85. The molecule has 0 aliphatic carbocycles. The average Bonchev–Trinajstić information content (AvgIpc) is 2.35. The number of alkyl halides is 3. The van der Waals surface area contributed by atoms with Gasteiger partial charge in [-0.05, 0) is 33.8 Å². The van der Waals surface area contributed by atoms with Crippen LogP contribution in [0.25, 0.3) is 0 Å². The lowest BCUT2D eigenvalue weighted by Crippen LogP contribution is -2.27. The van der Waals surface area contributed by atoms with E-state index in [2.05, 4.69) is 4.40 Å². The van der Waals surface area contributed by atoms with Crippen molar-refractivity contribution in [1.29, 1.82) is 5.26 Å². The summed E-state index contributed by atoms with van der Waals surface area (Å²) in [5.41, 5.74) is -1.75. The summed E-state index contributed by atoms with van der Waals surface area (Å²) in [4.78, 5) is 0. The first-order chi connectivity index (χ1) is 9.48. The van der Waals surface area contributed by atoms with Crippen LogP contribution in [0.2, 0.25) is 0 Å². The van der Waals surface area contributed by atoms with Gasteiger partial charge >= 0.3 is 6.18 Å². The highest BCUT2D eigenvalue weighted by atomic mass is 32.2. The van der Waals surface area contributed by atoms with Crippen LogP contribution in [0, 0.1) is 11.3 Å². The standard InChI is InChI=1S/C14H15F3N2OS/c1-9(19-21(20)13(2,3)4)11-7-5-6-10(8-18)12(11)14(15,16)17/h5-7H,1-4H3/b19-9-. The number of nitriles is 1. The molecule has 0 spiro atoms. The SMILES string of the molecule is C/C(=N/[S+]([O-])C(C)(C)C)c1cccc(C#N)c1C(F)(F)F. The zero-order chi connectivity index (χ0) is 16.4. The quantitative estimate of drug-likeness (QED) is 0.614. The number of nitrogens with zero attached hydrogens (tertiary/aromatic N) is 2. The second kappa shape index (κ2) is 6.08. The first kappa shape index (κ1) is 17.5. The molecule has 7 heteroatoms. The van der Waals surface area contributed by atoms with Crippen LogP contribution in [-0.2, 0) is 17.5 Å². The van der Waals surface area contributed by atoms with E-state index in [0.717, 1.165) is 6.07 Å². The van der Waals surface area contributed by atoms with E-state index < -0.39 is 33.4 Å². The van der Waals surface area contributed by atoms with E-state index in [1.165, 1.54) is 25.1 Å². The van der Waals surface area contributed by atoms with Gasteiger partial charge in [0.15, 0.2) is 0 Å². The minimum absolute atomic E-state index is 0.00677. The largest absolute Gasteiger partial charge is 0.591 e. The Morgan fingerprint density at radius 3 is 2.29 bits per heavy atom. The van der Waals surface area contributed by atoms with Crippen molar-refractivity contribution in [1.82, 2.24) is 0 Å². The number of halogens is 3. The molecule has 0 heterocycles. The molecule has 0 aromatic heterocycles. The summed E-state index contributed by atoms with van der Waals surface area (Å²) < 4.78 is 54.6. The van der Waals surface area contributed by atoms with Crippen LogP contribution in [0.15, 0.2) is 22.6 Å². The molecule has 1 rings (SSSR count). The Morgan fingerprint density at radius 2 is 1.86 bits per heavy atom. The van der Waals surface area contributed by atoms with Crippen molar-refractivity contribution in [2.24, 2.45) is 4.40 Å². The zero-order valence-corrected chi connectivity index (χ0v) is 12.9. The van der Waals surface area contributed by atoms with Crippen molar-refractivity contribution in [2.75, 3.05) is 0 Å². The Labute approximate surface area is 124 Å². The van der Waals surface area contributed by atoms with Crippen LogP contribution in [0.1, 0.15) is 44.4 Å². The Morgan fingerprint density at radius 1 is 1.29 bits per heavy atom. The summed E-state index contributed by atoms with van der Waals surface area (Å²) in [6.07, 6.45) is -4.68. The molecule has 1 atom stereocenters. The predicted molar refractivity (Wildman–Crippen MR) is 76.3 cm³/mol. The van der Waals surface area contributed by atoms with Crippen molar-refractivity contribution < 1.29 is 17.7 Å². The van der Waals surface area contributed by atoms with Crippen LogP contribution in [0.3, 0.4) is 0 Å². The van der Waals surface area contributed by atoms with Gasteiger partial charge in [0.05, 0.1) is 22.9 Å². The molecular weight excluding hydrogens is 301 g/mol. The molecule has 114 valence electrons. The molecule has 0 saturated carbocycles. The number of rotatable bonds is 2. The van der Waals surface area contributed by atoms with Crippen molar-refractivity contribution in [3.8, 4) is 6.07 Å². The van der Waals surface area contributed by atoms with Gasteiger partial charge in [-0.2, -0.15) is 18.4 Å². The van der Waals surface area contributed by atoms with Crippen molar-refractivity contribution >= 4 is 17.1 Å². The van der Waals surface area contributed by atoms with Crippen LogP contribution in [0.5, 0.6) is 0 Å². The summed E-state index contributed by atoms with van der Waals surface area (Å²) >= 11 is -1.67. The summed E-state index contributed by atoms with van der Waals surface area (Å²) in [7, 11) is 0. The Hall–Kier alpha value is -1.52. The van der Waals surface area contributed by atoms with Crippen molar-refractivity contribution in [3.05, 3.63) is 34.9 Å². The van der Waals surface area contributed by atoms with Gasteiger partial charge in [0.2, 0.25) is 0 Å². The van der Waals surface area contributed by atoms with Gasteiger partial charge < -0.3 is 4.55 Å². The van der Waals surface area contributed by atoms with Crippen LogP contribution >= 0.6 is 0 Å². The summed E-state index contributed by atoms with van der Waals surface area (Å²) in [6.45, 7) is 6.39. The fourth-order valence-corrected chi connectivity index (χ4v) is 2.18. The Kier molecular flexibility index (Phi) is 5.07. The van der Waals surface area contributed by atoms with Gasteiger partial charge in [0, 0.05) is 5.56 Å². The van der Waals surface area contributed by atoms with E-state index in [-0.39, 0.29) is 11.3 Å². The van der Waals surface area contributed by atoms with E-state index in [4.69, 9.17) is 5.26 Å². The molecule has 0 saturated heterocycles. The molecule has 0 aliphatic heterocycles. The van der Waals surface area contributed by atoms with Crippen LogP contribution in [0.4, 0.5) is 13.2 Å². The lowest BCUT2D eigenvalue weighted by Gasteiger charge is -2.19. The van der Waals surface area contributed by atoms with Gasteiger partial charge in [-0.15, -0.1) is 0 Å². The smallest absolute Gasteiger partial charge is 0.418 e. The molecule has 21 heavy (non-hydrogen) atoms. The van der Waals surface area contributed by atoms with Crippen LogP contribution < -0.4 is 0 Å². The average molecular weight is 316 g/mol. The first-order valence-corrected chi connectivity index (χ1v) is 7.17. The third-order valence-electron chi connectivity index (χ3n) is 2.60. The maximum Gasteiger partial charge on any atom is 0.418 e. The molecule has 0 aliphatic rings. The maximum absolute atomic E-state index is 13.1. The molecule has 0 bridgehead atoms. The van der Waals surface area contributed by atoms with Gasteiger partial charge in [-0.3, -0.25) is 0 Å². The van der Waals surface area contributed by atoms with E-state index in [0.29, 0.717) is 0 Å². The number of benzene rings is 1. The molecule has 1 aromatic carbocycles. The Bertz CT molecular complexity index is 598. The monoisotopic (exact) mass is 316 g/mol. The second-order valence-electron chi connectivity index (χ2n) is 5.38. The van der Waals surface area contributed by atoms with Gasteiger partial charge in [0.25, 0.3) is 0 Å². The maximum atomic E-state index is 13.1. The lowest BCUT2D eigenvalue weighted by atomic mass is 9.98. The third-order valence-corrected chi connectivity index (χ3v) is 4.09. The summed E-state index contributed by atoms with van der Waals surface area (Å²) in [6, 6.07) is 5.20. The van der Waals surface area contributed by atoms with E-state index in [1.807, 2.05) is 0 Å². The highest BCUT2D eigenvalue weighted by Gasteiger charge is 2.37. The minimum Gasteiger partial charge on any atom is -0.591 e. The topological polar surface area (TPSA) is 59.2 Å². The normalized spacial score (nSPS) is 14.7. The van der Waals surface area contributed by atoms with E-state index in [9.17, 15) is 17.7 Å². The molecule has 0 fully saturated rings. The number of hydrogen-bond acceptors (Lipinski definition) is 3. The summed E-state index contributed by atoms with van der Waals surface area (Å²) in [5, 5.41) is 8.85. The zero-order valence-electron chi connectivity index (χ0n) is 12.1. The molecule has 1 aromatic rings. The molecule has 0 radical (unpaired) electrons. The highest BCUT2D eigenvalue weighted by Crippen LogP contribution is 2.35. The minimum atomic E-state index is -4.68. The third kappa shape index (κ3) is 4.22. The summed E-state index contributed by atoms with van der Waals surface area (Å²) in [5.74, 6) is 0. The lowest BCUT2D eigenvalue weighted by molar-refractivity contribution is -0.137. The molecule has 0 amide bonds. The molecule has 3 nitrogen and oxygen atoms in total. The van der Waals surface area contributed by atoms with E-state index in [1.54, 1.807) is 20.8 Å². The van der Waals surface area contributed by atoms with Crippen molar-refractivity contribution in [3.63, 3.8) is 0 Å². The second-order valence-corrected chi connectivity index (χ2v) is 7.28. The number of hydrogen-bond donors (Lipinski definition) is 0. The highest BCUT2D eigenvalue weighted by molar-refractivity contribution is 7.91. The van der Waals surface area contributed by atoms with E-state index >= 15 is 0 Å². The Balaban J connectivity index is 3.45. The fraction of sp³-hybridized carbons (Fsp3) is 0.429. The first-order valence-electron chi connectivity index (χ1n) is 6.06. The van der Waals surface area contributed by atoms with Gasteiger partial charge in [-0.1, -0.05) is 16.5 Å².